The molecule has 1 aromatic carbocycles. The van der Waals surface area contributed by atoms with Gasteiger partial charge in [-0.2, -0.15) is 0 Å². The number of likely N-dealkylation sites (tertiary alicyclic amines) is 1. The third-order valence-electron chi connectivity index (χ3n) is 4.25. The first-order valence-corrected chi connectivity index (χ1v) is 8.45. The second kappa shape index (κ2) is 8.28. The summed E-state index contributed by atoms with van der Waals surface area (Å²) >= 11 is 0. The van der Waals surface area contributed by atoms with Crippen molar-refractivity contribution in [1.29, 1.82) is 0 Å². The van der Waals surface area contributed by atoms with Gasteiger partial charge in [0.05, 0.1) is 6.42 Å². The first-order valence-electron chi connectivity index (χ1n) is 8.45. The molecule has 1 aromatic heterocycles. The Kier molecular flexibility index (Phi) is 5.61. The summed E-state index contributed by atoms with van der Waals surface area (Å²) < 4.78 is 0. The molecule has 0 unspecified atom stereocenters. The van der Waals surface area contributed by atoms with Gasteiger partial charge in [0, 0.05) is 38.1 Å². The van der Waals surface area contributed by atoms with E-state index in [2.05, 4.69) is 15.6 Å². The number of carbonyl (C=O) groups is 2. The Hall–Kier alpha value is -2.89. The van der Waals surface area contributed by atoms with Crippen molar-refractivity contribution in [3.63, 3.8) is 0 Å². The van der Waals surface area contributed by atoms with Crippen LogP contribution in [0.25, 0.3) is 0 Å². The number of aromatic nitrogens is 1. The van der Waals surface area contributed by atoms with Crippen molar-refractivity contribution in [2.75, 3.05) is 13.1 Å². The molecule has 2 heterocycles. The van der Waals surface area contributed by atoms with Crippen LogP contribution in [-0.2, 0) is 17.8 Å². The molecule has 1 fully saturated rings. The van der Waals surface area contributed by atoms with E-state index in [0.29, 0.717) is 26.1 Å². The second-order valence-corrected chi connectivity index (χ2v) is 6.18. The molecule has 0 radical (unpaired) electrons. The third kappa shape index (κ3) is 5.04. The number of hydrogen-bond acceptors (Lipinski definition) is 3. The van der Waals surface area contributed by atoms with Gasteiger partial charge in [-0.25, -0.2) is 4.79 Å². The van der Waals surface area contributed by atoms with E-state index >= 15 is 0 Å². The highest BCUT2D eigenvalue weighted by atomic mass is 16.2. The van der Waals surface area contributed by atoms with Crippen molar-refractivity contribution in [3.8, 4) is 0 Å². The Morgan fingerprint density at radius 3 is 2.68 bits per heavy atom. The van der Waals surface area contributed by atoms with Crippen molar-refractivity contribution in [2.24, 2.45) is 0 Å². The Morgan fingerprint density at radius 1 is 1.12 bits per heavy atom. The third-order valence-corrected chi connectivity index (χ3v) is 4.25. The average Bonchev–Trinajstić information content (AvgIpc) is 3.10. The SMILES string of the molecule is O=C(NCc1cccnc1)N[C@H]1CCN(C(=O)Cc2ccccc2)C1. The van der Waals surface area contributed by atoms with Gasteiger partial charge in [0.25, 0.3) is 0 Å². The lowest BCUT2D eigenvalue weighted by Crippen LogP contribution is -2.43. The van der Waals surface area contributed by atoms with E-state index in [1.54, 1.807) is 12.4 Å². The van der Waals surface area contributed by atoms with E-state index in [-0.39, 0.29) is 18.0 Å². The lowest BCUT2D eigenvalue weighted by Gasteiger charge is -2.17. The molecule has 2 aromatic rings. The monoisotopic (exact) mass is 338 g/mol. The van der Waals surface area contributed by atoms with Gasteiger partial charge in [-0.05, 0) is 23.6 Å². The molecular weight excluding hydrogens is 316 g/mol. The largest absolute Gasteiger partial charge is 0.340 e. The minimum Gasteiger partial charge on any atom is -0.340 e. The summed E-state index contributed by atoms with van der Waals surface area (Å²) in [5.41, 5.74) is 1.96. The molecule has 0 saturated carbocycles. The van der Waals surface area contributed by atoms with E-state index < -0.39 is 0 Å². The molecule has 3 rings (SSSR count). The number of rotatable bonds is 5. The number of hydrogen-bond donors (Lipinski definition) is 2. The maximum absolute atomic E-state index is 12.3. The van der Waals surface area contributed by atoms with Crippen molar-refractivity contribution >= 4 is 11.9 Å². The predicted octanol–water partition coefficient (Wildman–Crippen LogP) is 1.72. The number of carbonyl (C=O) groups excluding carboxylic acids is 2. The van der Waals surface area contributed by atoms with Crippen LogP contribution in [0.5, 0.6) is 0 Å². The number of pyridine rings is 1. The minimum atomic E-state index is -0.216. The molecular formula is C19H22N4O2. The van der Waals surface area contributed by atoms with Crippen molar-refractivity contribution in [2.45, 2.75) is 25.4 Å². The second-order valence-electron chi connectivity index (χ2n) is 6.18. The van der Waals surface area contributed by atoms with Crippen molar-refractivity contribution in [3.05, 3.63) is 66.0 Å². The van der Waals surface area contributed by atoms with Crippen LogP contribution < -0.4 is 10.6 Å². The van der Waals surface area contributed by atoms with Gasteiger partial charge < -0.3 is 15.5 Å². The highest BCUT2D eigenvalue weighted by Crippen LogP contribution is 2.12. The number of urea groups is 1. The molecule has 130 valence electrons. The van der Waals surface area contributed by atoms with Gasteiger partial charge in [0.15, 0.2) is 0 Å². The summed E-state index contributed by atoms with van der Waals surface area (Å²) in [5.74, 6) is 0.103. The van der Waals surface area contributed by atoms with Crippen LogP contribution in [0.2, 0.25) is 0 Å². The normalized spacial score (nSPS) is 16.5. The lowest BCUT2D eigenvalue weighted by atomic mass is 10.1. The van der Waals surface area contributed by atoms with Crippen LogP contribution in [0.15, 0.2) is 54.9 Å². The van der Waals surface area contributed by atoms with Crippen LogP contribution in [0.1, 0.15) is 17.5 Å². The zero-order chi connectivity index (χ0) is 17.5. The summed E-state index contributed by atoms with van der Waals surface area (Å²) in [7, 11) is 0. The van der Waals surface area contributed by atoms with E-state index in [1.807, 2.05) is 47.4 Å². The van der Waals surface area contributed by atoms with Crippen LogP contribution in [0.4, 0.5) is 4.79 Å². The molecule has 1 aliphatic rings. The fourth-order valence-electron chi connectivity index (χ4n) is 2.91. The lowest BCUT2D eigenvalue weighted by molar-refractivity contribution is -0.129. The van der Waals surface area contributed by atoms with Gasteiger partial charge in [-0.15, -0.1) is 0 Å². The molecule has 0 spiro atoms. The highest BCUT2D eigenvalue weighted by Gasteiger charge is 2.27. The summed E-state index contributed by atoms with van der Waals surface area (Å²) in [6.45, 7) is 1.67. The average molecular weight is 338 g/mol. The fourth-order valence-corrected chi connectivity index (χ4v) is 2.91. The number of amides is 3. The van der Waals surface area contributed by atoms with E-state index in [0.717, 1.165) is 17.5 Å². The van der Waals surface area contributed by atoms with Gasteiger partial charge in [-0.1, -0.05) is 36.4 Å². The molecule has 25 heavy (non-hydrogen) atoms. The molecule has 2 N–H and O–H groups in total. The quantitative estimate of drug-likeness (QED) is 0.872. The molecule has 1 atom stereocenters. The van der Waals surface area contributed by atoms with E-state index in [4.69, 9.17) is 0 Å². The topological polar surface area (TPSA) is 74.3 Å². The van der Waals surface area contributed by atoms with E-state index in [1.165, 1.54) is 0 Å². The number of benzene rings is 1. The van der Waals surface area contributed by atoms with Gasteiger partial charge in [-0.3, -0.25) is 9.78 Å². The maximum Gasteiger partial charge on any atom is 0.315 e. The van der Waals surface area contributed by atoms with Gasteiger partial charge in [0.1, 0.15) is 0 Å². The van der Waals surface area contributed by atoms with Gasteiger partial charge in [0.2, 0.25) is 5.91 Å². The molecule has 1 saturated heterocycles. The standard InChI is InChI=1S/C19H22N4O2/c24-18(11-15-5-2-1-3-6-15)23-10-8-17(14-23)22-19(25)21-13-16-7-4-9-20-12-16/h1-7,9,12,17H,8,10-11,13-14H2,(H2,21,22,25)/t17-/m0/s1. The van der Waals surface area contributed by atoms with Crippen LogP contribution >= 0.6 is 0 Å². The molecule has 6 nitrogen and oxygen atoms in total. The Morgan fingerprint density at radius 2 is 1.92 bits per heavy atom. The maximum atomic E-state index is 12.3. The first-order chi connectivity index (χ1) is 12.2. The number of nitrogens with one attached hydrogen (secondary N) is 2. The molecule has 3 amide bonds. The summed E-state index contributed by atoms with van der Waals surface area (Å²) in [4.78, 5) is 30.2. The van der Waals surface area contributed by atoms with Crippen molar-refractivity contribution in [1.82, 2.24) is 20.5 Å². The smallest absolute Gasteiger partial charge is 0.315 e. The zero-order valence-electron chi connectivity index (χ0n) is 14.0. The Balaban J connectivity index is 1.41. The molecule has 0 aliphatic carbocycles. The predicted molar refractivity (Wildman–Crippen MR) is 94.7 cm³/mol. The van der Waals surface area contributed by atoms with Crippen molar-refractivity contribution < 1.29 is 9.59 Å². The Bertz CT molecular complexity index is 706. The molecule has 0 bridgehead atoms. The Labute approximate surface area is 147 Å². The summed E-state index contributed by atoms with van der Waals surface area (Å²) in [6, 6.07) is 13.2. The summed E-state index contributed by atoms with van der Waals surface area (Å²) in [5, 5.41) is 5.75. The molecule has 1 aliphatic heterocycles. The van der Waals surface area contributed by atoms with Crippen LogP contribution in [-0.4, -0.2) is 41.0 Å². The van der Waals surface area contributed by atoms with Gasteiger partial charge >= 0.3 is 6.03 Å². The number of nitrogens with zero attached hydrogens (tertiary/aromatic N) is 2. The van der Waals surface area contributed by atoms with Crippen LogP contribution in [0, 0.1) is 0 Å². The van der Waals surface area contributed by atoms with Crippen LogP contribution in [0.3, 0.4) is 0 Å². The highest BCUT2D eigenvalue weighted by molar-refractivity contribution is 5.79. The summed E-state index contributed by atoms with van der Waals surface area (Å²) in [6.07, 6.45) is 4.60. The zero-order valence-corrected chi connectivity index (χ0v) is 14.0. The van der Waals surface area contributed by atoms with E-state index in [9.17, 15) is 9.59 Å². The first kappa shape index (κ1) is 17.0. The minimum absolute atomic E-state index is 0.00591. The fraction of sp³-hybridized carbons (Fsp3) is 0.316. The molecule has 6 heteroatoms.